The van der Waals surface area contributed by atoms with Gasteiger partial charge in [0.1, 0.15) is 11.1 Å². The summed E-state index contributed by atoms with van der Waals surface area (Å²) in [5, 5.41) is 12.4. The molecule has 0 unspecified atom stereocenters. The third kappa shape index (κ3) is 2.78. The predicted octanol–water partition coefficient (Wildman–Crippen LogP) is 3.42. The van der Waals surface area contributed by atoms with Crippen molar-refractivity contribution in [3.8, 4) is 6.07 Å². The maximum Gasteiger partial charge on any atom is 0.150 e. The van der Waals surface area contributed by atoms with Crippen LogP contribution in [0, 0.1) is 11.3 Å². The Morgan fingerprint density at radius 2 is 2.00 bits per heavy atom. The molecule has 2 aromatic rings. The molecule has 1 N–H and O–H groups in total. The second-order valence-corrected chi connectivity index (χ2v) is 4.55. The van der Waals surface area contributed by atoms with Crippen molar-refractivity contribution in [1.82, 2.24) is 4.98 Å². The molecule has 1 heterocycles. The zero-order chi connectivity index (χ0) is 13.8. The summed E-state index contributed by atoms with van der Waals surface area (Å²) in [4.78, 5) is 6.16. The normalized spacial score (nSPS) is 9.79. The molecule has 0 aliphatic rings. The minimum absolute atomic E-state index is 0.332. The summed E-state index contributed by atoms with van der Waals surface area (Å²) in [6.07, 6.45) is 1.56. The Morgan fingerprint density at radius 1 is 1.26 bits per heavy atom. The van der Waals surface area contributed by atoms with Crippen LogP contribution in [0.2, 0.25) is 5.02 Å². The van der Waals surface area contributed by atoms with E-state index in [0.29, 0.717) is 16.4 Å². The average molecular weight is 273 g/mol. The Bertz CT molecular complexity index is 632. The number of pyridine rings is 1. The minimum atomic E-state index is 0.332. The summed E-state index contributed by atoms with van der Waals surface area (Å²) in [6, 6.07) is 11.4. The molecule has 5 heteroatoms. The summed E-state index contributed by atoms with van der Waals surface area (Å²) in [5.41, 5.74) is 2.31. The van der Waals surface area contributed by atoms with E-state index in [4.69, 9.17) is 16.9 Å². The monoisotopic (exact) mass is 272 g/mol. The van der Waals surface area contributed by atoms with Gasteiger partial charge in [-0.1, -0.05) is 23.7 Å². The Morgan fingerprint density at radius 3 is 2.68 bits per heavy atom. The van der Waals surface area contributed by atoms with Crippen LogP contribution in [0.15, 0.2) is 36.5 Å². The van der Waals surface area contributed by atoms with Crippen molar-refractivity contribution in [2.75, 3.05) is 24.3 Å². The smallest absolute Gasteiger partial charge is 0.150 e. The van der Waals surface area contributed by atoms with Gasteiger partial charge in [0.05, 0.1) is 16.9 Å². The van der Waals surface area contributed by atoms with Gasteiger partial charge in [-0.05, 0) is 18.2 Å². The lowest BCUT2D eigenvalue weighted by molar-refractivity contribution is 1.13. The molecule has 0 atom stereocenters. The van der Waals surface area contributed by atoms with Crippen LogP contribution in [0.1, 0.15) is 5.56 Å². The number of halogens is 1. The third-order valence-electron chi connectivity index (χ3n) is 2.65. The van der Waals surface area contributed by atoms with Crippen LogP contribution >= 0.6 is 11.6 Å². The Hall–Kier alpha value is -2.25. The number of rotatable bonds is 3. The molecule has 19 heavy (non-hydrogen) atoms. The molecule has 1 aromatic carbocycles. The first-order chi connectivity index (χ1) is 9.13. The van der Waals surface area contributed by atoms with Crippen molar-refractivity contribution in [3.05, 3.63) is 47.1 Å². The molecule has 4 nitrogen and oxygen atoms in total. The molecule has 0 amide bonds. The highest BCUT2D eigenvalue weighted by Gasteiger charge is 2.10. The molecule has 0 radical (unpaired) electrons. The fourth-order valence-corrected chi connectivity index (χ4v) is 1.92. The number of aromatic nitrogens is 1. The molecule has 96 valence electrons. The van der Waals surface area contributed by atoms with E-state index in [1.807, 2.05) is 49.3 Å². The highest BCUT2D eigenvalue weighted by Crippen LogP contribution is 2.30. The van der Waals surface area contributed by atoms with Crippen LogP contribution < -0.4 is 10.2 Å². The van der Waals surface area contributed by atoms with Gasteiger partial charge in [0.2, 0.25) is 0 Å². The second kappa shape index (κ2) is 5.59. The molecule has 0 saturated heterocycles. The van der Waals surface area contributed by atoms with Crippen LogP contribution in [0.4, 0.5) is 17.2 Å². The van der Waals surface area contributed by atoms with Gasteiger partial charge >= 0.3 is 0 Å². The number of hydrogen-bond donors (Lipinski definition) is 1. The van der Waals surface area contributed by atoms with Crippen molar-refractivity contribution in [2.24, 2.45) is 0 Å². The highest BCUT2D eigenvalue weighted by molar-refractivity contribution is 6.34. The Labute approximate surface area is 117 Å². The van der Waals surface area contributed by atoms with Crippen LogP contribution in [-0.4, -0.2) is 19.1 Å². The lowest BCUT2D eigenvalue weighted by Gasteiger charge is -2.18. The van der Waals surface area contributed by atoms with E-state index >= 15 is 0 Å². The summed E-state index contributed by atoms with van der Waals surface area (Å²) in [6.45, 7) is 0. The van der Waals surface area contributed by atoms with E-state index in [0.717, 1.165) is 11.4 Å². The number of hydrogen-bond acceptors (Lipinski definition) is 4. The van der Waals surface area contributed by atoms with Gasteiger partial charge in [0, 0.05) is 20.3 Å². The largest absolute Gasteiger partial charge is 0.376 e. The first-order valence-electron chi connectivity index (χ1n) is 5.71. The van der Waals surface area contributed by atoms with Crippen molar-refractivity contribution in [3.63, 3.8) is 0 Å². The molecule has 0 fully saturated rings. The number of para-hydroxylation sites is 2. The van der Waals surface area contributed by atoms with E-state index < -0.39 is 0 Å². The van der Waals surface area contributed by atoms with E-state index in [1.54, 1.807) is 12.3 Å². The van der Waals surface area contributed by atoms with E-state index in [2.05, 4.69) is 10.3 Å². The lowest BCUT2D eigenvalue weighted by Crippen LogP contribution is -2.11. The predicted molar refractivity (Wildman–Crippen MR) is 78.0 cm³/mol. The molecule has 0 aliphatic heterocycles. The molecule has 0 bridgehead atoms. The molecule has 0 saturated carbocycles. The number of anilines is 3. The number of nitrogens with one attached hydrogen (secondary N) is 1. The fourth-order valence-electron chi connectivity index (χ4n) is 1.71. The van der Waals surface area contributed by atoms with Gasteiger partial charge in [-0.3, -0.25) is 0 Å². The maximum atomic E-state index is 8.95. The molecule has 0 aliphatic carbocycles. The summed E-state index contributed by atoms with van der Waals surface area (Å²) in [7, 11) is 3.92. The Kier molecular flexibility index (Phi) is 3.88. The quantitative estimate of drug-likeness (QED) is 0.930. The summed E-state index contributed by atoms with van der Waals surface area (Å²) >= 11 is 6.13. The maximum absolute atomic E-state index is 8.95. The molecule has 0 spiro atoms. The highest BCUT2D eigenvalue weighted by atomic mass is 35.5. The van der Waals surface area contributed by atoms with Crippen LogP contribution in [-0.2, 0) is 0 Å². The topological polar surface area (TPSA) is 52.0 Å². The standard InChI is InChI=1S/C14H13ClN4/c1-19(2)12-6-4-3-5-11(12)18-14-13(15)10(9-16)7-8-17-14/h3-8H,1-2H3,(H,17,18). The third-order valence-corrected chi connectivity index (χ3v) is 3.03. The zero-order valence-corrected chi connectivity index (χ0v) is 11.4. The van der Waals surface area contributed by atoms with E-state index in [9.17, 15) is 0 Å². The SMILES string of the molecule is CN(C)c1ccccc1Nc1nccc(C#N)c1Cl. The summed E-state index contributed by atoms with van der Waals surface area (Å²) in [5.74, 6) is 0.481. The van der Waals surface area contributed by atoms with Crippen molar-refractivity contribution < 1.29 is 0 Å². The molecular formula is C14H13ClN4. The average Bonchev–Trinajstić information content (AvgIpc) is 2.41. The number of nitriles is 1. The second-order valence-electron chi connectivity index (χ2n) is 4.17. The van der Waals surface area contributed by atoms with Gasteiger partial charge in [-0.15, -0.1) is 0 Å². The lowest BCUT2D eigenvalue weighted by atomic mass is 10.2. The van der Waals surface area contributed by atoms with Gasteiger partial charge < -0.3 is 10.2 Å². The van der Waals surface area contributed by atoms with Gasteiger partial charge in [-0.25, -0.2) is 4.98 Å². The fraction of sp³-hybridized carbons (Fsp3) is 0.143. The Balaban J connectivity index is 2.40. The molecule has 2 rings (SSSR count). The zero-order valence-electron chi connectivity index (χ0n) is 10.7. The van der Waals surface area contributed by atoms with E-state index in [-0.39, 0.29) is 0 Å². The van der Waals surface area contributed by atoms with Crippen LogP contribution in [0.5, 0.6) is 0 Å². The van der Waals surface area contributed by atoms with Crippen molar-refractivity contribution in [2.45, 2.75) is 0 Å². The van der Waals surface area contributed by atoms with Crippen molar-refractivity contribution in [1.29, 1.82) is 5.26 Å². The van der Waals surface area contributed by atoms with Gasteiger partial charge in [-0.2, -0.15) is 5.26 Å². The van der Waals surface area contributed by atoms with Gasteiger partial charge in [0.15, 0.2) is 5.82 Å². The minimum Gasteiger partial charge on any atom is -0.376 e. The summed E-state index contributed by atoms with van der Waals surface area (Å²) < 4.78 is 0. The molecule has 1 aromatic heterocycles. The molecular weight excluding hydrogens is 260 g/mol. The first-order valence-corrected chi connectivity index (χ1v) is 6.09. The number of nitrogens with zero attached hydrogens (tertiary/aromatic N) is 3. The van der Waals surface area contributed by atoms with Crippen LogP contribution in [0.3, 0.4) is 0 Å². The van der Waals surface area contributed by atoms with Crippen molar-refractivity contribution >= 4 is 28.8 Å². The van der Waals surface area contributed by atoms with E-state index in [1.165, 1.54) is 0 Å². The van der Waals surface area contributed by atoms with Crippen LogP contribution in [0.25, 0.3) is 0 Å². The van der Waals surface area contributed by atoms with Gasteiger partial charge in [0.25, 0.3) is 0 Å². The number of benzene rings is 1. The first kappa shape index (κ1) is 13.2.